The van der Waals surface area contributed by atoms with Gasteiger partial charge in [-0.2, -0.15) is 4.57 Å². The van der Waals surface area contributed by atoms with Crippen LogP contribution in [-0.2, 0) is 9.53 Å². The van der Waals surface area contributed by atoms with Crippen molar-refractivity contribution in [1.82, 2.24) is 0 Å². The predicted octanol–water partition coefficient (Wildman–Crippen LogP) is 1.70. The Hall–Kier alpha value is -2.01. The molecule has 2 aromatic rings. The molecule has 19 heavy (non-hydrogen) atoms. The minimum Gasteiger partial charge on any atom is -0.458 e. The molecule has 0 radical (unpaired) electrons. The van der Waals surface area contributed by atoms with E-state index in [1.807, 2.05) is 36.5 Å². The van der Waals surface area contributed by atoms with Crippen molar-refractivity contribution in [2.24, 2.45) is 5.73 Å². The average molecular weight is 275 g/mol. The first-order chi connectivity index (χ1) is 9.13. The van der Waals surface area contributed by atoms with Gasteiger partial charge in [0.25, 0.3) is 0 Å². The smallest absolute Gasteiger partial charge is 0.407 e. The number of nitrogens with two attached hydrogens (primary N) is 1. The number of hydrogen-bond acceptors (Lipinski definition) is 4. The number of carbonyl (C=O) groups is 1. The van der Waals surface area contributed by atoms with E-state index in [0.717, 1.165) is 10.8 Å². The number of benzene rings is 1. The van der Waals surface area contributed by atoms with Gasteiger partial charge in [-0.1, -0.05) is 18.2 Å². The van der Waals surface area contributed by atoms with Crippen LogP contribution in [0.2, 0.25) is 0 Å². The van der Waals surface area contributed by atoms with Crippen LogP contribution in [0.3, 0.4) is 0 Å². The number of ether oxygens (including phenoxy) is 1. The topological polar surface area (TPSA) is 56.2 Å². The van der Waals surface area contributed by atoms with Gasteiger partial charge in [0.1, 0.15) is 5.03 Å². The number of esters is 1. The summed E-state index contributed by atoms with van der Waals surface area (Å²) >= 11 is 4.07. The Bertz CT molecular complexity index is 649. The number of thiol groups is 1. The molecule has 0 spiro atoms. The fourth-order valence-electron chi connectivity index (χ4n) is 1.81. The SMILES string of the molecule is CCOC(=O)/C(=C(/N)S)[n+]1ccc2ccccc2c1. The van der Waals surface area contributed by atoms with Gasteiger partial charge in [0.2, 0.25) is 0 Å². The van der Waals surface area contributed by atoms with E-state index in [4.69, 9.17) is 10.5 Å². The summed E-state index contributed by atoms with van der Waals surface area (Å²) in [5, 5.41) is 2.21. The maximum absolute atomic E-state index is 11.9. The zero-order valence-electron chi connectivity index (χ0n) is 10.5. The zero-order valence-corrected chi connectivity index (χ0v) is 11.4. The third-order valence-corrected chi connectivity index (χ3v) is 2.87. The van der Waals surface area contributed by atoms with Gasteiger partial charge >= 0.3 is 11.7 Å². The molecule has 0 saturated carbocycles. The van der Waals surface area contributed by atoms with E-state index < -0.39 is 5.97 Å². The average Bonchev–Trinajstić information content (AvgIpc) is 2.38. The lowest BCUT2D eigenvalue weighted by atomic mass is 10.2. The van der Waals surface area contributed by atoms with Crippen molar-refractivity contribution < 1.29 is 14.1 Å². The first kappa shape index (κ1) is 13.4. The quantitative estimate of drug-likeness (QED) is 0.388. The molecule has 0 aliphatic rings. The highest BCUT2D eigenvalue weighted by molar-refractivity contribution is 7.84. The lowest BCUT2D eigenvalue weighted by molar-refractivity contribution is -0.577. The first-order valence-electron chi connectivity index (χ1n) is 5.89. The summed E-state index contributed by atoms with van der Waals surface area (Å²) in [7, 11) is 0. The summed E-state index contributed by atoms with van der Waals surface area (Å²) in [6.07, 6.45) is 3.59. The van der Waals surface area contributed by atoms with Crippen LogP contribution in [0, 0.1) is 0 Å². The van der Waals surface area contributed by atoms with E-state index in [1.165, 1.54) is 0 Å². The third kappa shape index (κ3) is 2.88. The minimum absolute atomic E-state index is 0.124. The number of carbonyl (C=O) groups excluding carboxylic acids is 1. The Kier molecular flexibility index (Phi) is 4.06. The highest BCUT2D eigenvalue weighted by Gasteiger charge is 2.24. The molecule has 4 nitrogen and oxygen atoms in total. The van der Waals surface area contributed by atoms with Gasteiger partial charge in [-0.3, -0.25) is 0 Å². The number of aromatic nitrogens is 1. The van der Waals surface area contributed by atoms with Crippen molar-refractivity contribution in [2.75, 3.05) is 6.61 Å². The van der Waals surface area contributed by atoms with Gasteiger partial charge in [0.05, 0.1) is 6.61 Å². The summed E-state index contributed by atoms with van der Waals surface area (Å²) in [5.74, 6) is -0.490. The van der Waals surface area contributed by atoms with Crippen molar-refractivity contribution in [3.63, 3.8) is 0 Å². The van der Waals surface area contributed by atoms with Gasteiger partial charge in [0.15, 0.2) is 12.4 Å². The maximum atomic E-state index is 11.9. The molecule has 1 heterocycles. The highest BCUT2D eigenvalue weighted by Crippen LogP contribution is 2.12. The molecule has 5 heteroatoms. The van der Waals surface area contributed by atoms with Crippen LogP contribution < -0.4 is 10.3 Å². The van der Waals surface area contributed by atoms with Gasteiger partial charge in [0, 0.05) is 11.5 Å². The predicted molar refractivity (Wildman–Crippen MR) is 77.2 cm³/mol. The summed E-state index contributed by atoms with van der Waals surface area (Å²) < 4.78 is 6.61. The van der Waals surface area contributed by atoms with Crippen molar-refractivity contribution >= 4 is 35.1 Å². The molecule has 0 bridgehead atoms. The van der Waals surface area contributed by atoms with Crippen molar-refractivity contribution in [2.45, 2.75) is 6.92 Å². The lowest BCUT2D eigenvalue weighted by Gasteiger charge is -2.04. The van der Waals surface area contributed by atoms with Gasteiger partial charge in [-0.25, -0.2) is 4.79 Å². The Labute approximate surface area is 116 Å². The molecule has 0 amide bonds. The van der Waals surface area contributed by atoms with Crippen LogP contribution in [-0.4, -0.2) is 12.6 Å². The molecule has 0 saturated heterocycles. The summed E-state index contributed by atoms with van der Waals surface area (Å²) in [4.78, 5) is 11.9. The number of hydrogen-bond donors (Lipinski definition) is 2. The van der Waals surface area contributed by atoms with Crippen LogP contribution in [0.5, 0.6) is 0 Å². The lowest BCUT2D eigenvalue weighted by Crippen LogP contribution is -2.38. The Balaban J connectivity index is 2.52. The number of pyridine rings is 1. The second-order valence-corrected chi connectivity index (χ2v) is 4.42. The number of nitrogens with zero attached hydrogens (tertiary/aromatic N) is 1. The van der Waals surface area contributed by atoms with Crippen LogP contribution >= 0.6 is 12.6 Å². The second-order valence-electron chi connectivity index (χ2n) is 3.94. The molecule has 0 atom stereocenters. The van der Waals surface area contributed by atoms with E-state index in [1.54, 1.807) is 17.7 Å². The molecule has 2 rings (SSSR count). The van der Waals surface area contributed by atoms with Gasteiger partial charge in [-0.15, -0.1) is 12.6 Å². The Morgan fingerprint density at radius 3 is 2.63 bits per heavy atom. The molecule has 0 aliphatic carbocycles. The standard InChI is InChI=1S/C14H14N2O2S/c1-2-18-14(17)12(13(15)19)16-8-7-10-5-3-4-6-11(10)9-16/h3-9H,2H2,1H3,(H2-,15,17,19)/p+1. The van der Waals surface area contributed by atoms with Gasteiger partial charge < -0.3 is 10.5 Å². The zero-order chi connectivity index (χ0) is 13.8. The highest BCUT2D eigenvalue weighted by atomic mass is 32.1. The van der Waals surface area contributed by atoms with Crippen LogP contribution in [0.1, 0.15) is 6.92 Å². The minimum atomic E-state index is -0.490. The largest absolute Gasteiger partial charge is 0.458 e. The maximum Gasteiger partial charge on any atom is 0.407 e. The monoisotopic (exact) mass is 275 g/mol. The fourth-order valence-corrected chi connectivity index (χ4v) is 2.02. The first-order valence-corrected chi connectivity index (χ1v) is 6.34. The Morgan fingerprint density at radius 1 is 1.32 bits per heavy atom. The molecule has 2 N–H and O–H groups in total. The molecular formula is C14H15N2O2S+. The fraction of sp³-hybridized carbons (Fsp3) is 0.143. The van der Waals surface area contributed by atoms with Crippen molar-refractivity contribution in [3.8, 4) is 0 Å². The molecule has 1 aromatic heterocycles. The number of fused-ring (bicyclic) bond motifs is 1. The van der Waals surface area contributed by atoms with E-state index in [2.05, 4.69) is 12.6 Å². The number of rotatable bonds is 3. The summed E-state index contributed by atoms with van der Waals surface area (Å²) in [5.41, 5.74) is 5.88. The van der Waals surface area contributed by atoms with Crippen molar-refractivity contribution in [1.29, 1.82) is 0 Å². The summed E-state index contributed by atoms with van der Waals surface area (Å²) in [6.45, 7) is 2.03. The van der Waals surface area contributed by atoms with E-state index in [-0.39, 0.29) is 17.3 Å². The van der Waals surface area contributed by atoms with Crippen molar-refractivity contribution in [3.05, 3.63) is 47.8 Å². The third-order valence-electron chi connectivity index (χ3n) is 2.66. The van der Waals surface area contributed by atoms with Crippen LogP contribution in [0.25, 0.3) is 16.5 Å². The molecule has 0 unspecified atom stereocenters. The van der Waals surface area contributed by atoms with E-state index in [0.29, 0.717) is 0 Å². The second kappa shape index (κ2) is 5.75. The van der Waals surface area contributed by atoms with E-state index in [9.17, 15) is 4.79 Å². The van der Waals surface area contributed by atoms with Crippen LogP contribution in [0.4, 0.5) is 0 Å². The molecule has 1 aromatic carbocycles. The summed E-state index contributed by atoms with van der Waals surface area (Å²) in [6, 6.07) is 9.76. The van der Waals surface area contributed by atoms with Crippen LogP contribution in [0.15, 0.2) is 47.8 Å². The normalized spacial score (nSPS) is 12.1. The molecular weight excluding hydrogens is 260 g/mol. The van der Waals surface area contributed by atoms with Gasteiger partial charge in [-0.05, 0) is 18.4 Å². The molecule has 0 fully saturated rings. The Morgan fingerprint density at radius 2 is 2.00 bits per heavy atom. The molecule has 98 valence electrons. The molecule has 0 aliphatic heterocycles. The van der Waals surface area contributed by atoms with E-state index >= 15 is 0 Å².